The second-order valence-electron chi connectivity index (χ2n) is 8.54. The summed E-state index contributed by atoms with van der Waals surface area (Å²) in [4.78, 5) is 16.3. The molecule has 0 spiro atoms. The smallest absolute Gasteiger partial charge is 0.397 e. The van der Waals surface area contributed by atoms with E-state index >= 15 is 0 Å². The molecule has 1 aliphatic heterocycles. The molecule has 0 saturated carbocycles. The molecule has 4 aromatic rings. The zero-order chi connectivity index (χ0) is 26.3. The maximum Gasteiger partial charge on any atom is 0.418 e. The van der Waals surface area contributed by atoms with Crippen molar-refractivity contribution in [1.82, 2.24) is 29.3 Å². The molecule has 13 heteroatoms. The number of aryl methyl sites for hydroxylation is 2. The number of nitrogens with one attached hydrogen (secondary N) is 1. The number of aliphatic imine (C=N–C) groups is 1. The number of aromatic nitrogens is 6. The Hall–Kier alpha value is -4.68. The van der Waals surface area contributed by atoms with Crippen LogP contribution in [0.15, 0.2) is 59.3 Å². The van der Waals surface area contributed by atoms with Gasteiger partial charge in [0.2, 0.25) is 0 Å². The Labute approximate surface area is 209 Å². The van der Waals surface area contributed by atoms with Gasteiger partial charge in [-0.1, -0.05) is 0 Å². The lowest BCUT2D eigenvalue weighted by Crippen LogP contribution is -2.20. The van der Waals surface area contributed by atoms with E-state index in [9.17, 15) is 13.2 Å². The molecule has 37 heavy (non-hydrogen) atoms. The molecule has 0 aromatic carbocycles. The van der Waals surface area contributed by atoms with E-state index in [2.05, 4.69) is 41.6 Å². The van der Waals surface area contributed by atoms with Crippen molar-refractivity contribution < 1.29 is 13.2 Å². The normalized spacial score (nSPS) is 14.5. The number of allylic oxidation sites excluding steroid dienone is 2. The van der Waals surface area contributed by atoms with Crippen molar-refractivity contribution in [2.75, 3.05) is 11.1 Å². The van der Waals surface area contributed by atoms with Gasteiger partial charge in [-0.3, -0.25) is 9.67 Å². The van der Waals surface area contributed by atoms with Crippen LogP contribution in [0.2, 0.25) is 0 Å². The lowest BCUT2D eigenvalue weighted by Gasteiger charge is -2.16. The Kier molecular flexibility index (Phi) is 5.90. The van der Waals surface area contributed by atoms with E-state index in [0.717, 1.165) is 30.7 Å². The molecular formula is C24H23F3N10. The zero-order valence-corrected chi connectivity index (χ0v) is 19.8. The summed E-state index contributed by atoms with van der Waals surface area (Å²) in [6.45, 7) is 5.81. The highest BCUT2D eigenvalue weighted by Crippen LogP contribution is 2.36. The Bertz CT molecular complexity index is 1580. The number of anilines is 3. The van der Waals surface area contributed by atoms with Gasteiger partial charge < -0.3 is 21.4 Å². The average molecular weight is 509 g/mol. The maximum atomic E-state index is 13.8. The first-order valence-corrected chi connectivity index (χ1v) is 11.2. The molecule has 190 valence electrons. The van der Waals surface area contributed by atoms with Crippen molar-refractivity contribution in [3.05, 3.63) is 71.5 Å². The predicted molar refractivity (Wildman–Crippen MR) is 135 cm³/mol. The number of nitrogen functional groups attached to an aromatic ring is 1. The van der Waals surface area contributed by atoms with Gasteiger partial charge in [0, 0.05) is 54.9 Å². The first-order chi connectivity index (χ1) is 17.6. The summed E-state index contributed by atoms with van der Waals surface area (Å²) in [5, 5.41) is 8.84. The van der Waals surface area contributed by atoms with Gasteiger partial charge in [-0.05, 0) is 36.7 Å². The fraction of sp³-hybridized carbons (Fsp3) is 0.208. The summed E-state index contributed by atoms with van der Waals surface area (Å²) in [7, 11) is 0. The molecule has 5 N–H and O–H groups in total. The number of alkyl halides is 3. The van der Waals surface area contributed by atoms with Crippen LogP contribution >= 0.6 is 0 Å². The lowest BCUT2D eigenvalue weighted by molar-refractivity contribution is -0.0889. The largest absolute Gasteiger partial charge is 0.418 e. The van der Waals surface area contributed by atoms with Crippen molar-refractivity contribution in [3.8, 4) is 0 Å². The highest BCUT2D eigenvalue weighted by atomic mass is 19.4. The summed E-state index contributed by atoms with van der Waals surface area (Å²) in [6.07, 6.45) is 2.14. The monoisotopic (exact) mass is 508 g/mol. The molecule has 0 fully saturated rings. The summed E-state index contributed by atoms with van der Waals surface area (Å²) >= 11 is 0. The van der Waals surface area contributed by atoms with Gasteiger partial charge in [0.1, 0.15) is 17.5 Å². The Balaban J connectivity index is 1.50. The molecule has 5 rings (SSSR count). The molecule has 0 amide bonds. The van der Waals surface area contributed by atoms with E-state index in [1.807, 2.05) is 16.9 Å². The van der Waals surface area contributed by atoms with Crippen molar-refractivity contribution in [2.24, 2.45) is 10.7 Å². The van der Waals surface area contributed by atoms with E-state index in [1.54, 1.807) is 12.3 Å². The molecule has 5 heterocycles. The quantitative estimate of drug-likeness (QED) is 0.275. The highest BCUT2D eigenvalue weighted by molar-refractivity contribution is 5.94. The number of nitrogens with zero attached hydrogens (tertiary/aromatic N) is 7. The number of rotatable bonds is 5. The Morgan fingerprint density at radius 3 is 2.78 bits per heavy atom. The molecule has 10 nitrogen and oxygen atoms in total. The predicted octanol–water partition coefficient (Wildman–Crippen LogP) is 3.79. The van der Waals surface area contributed by atoms with Crippen molar-refractivity contribution in [2.45, 2.75) is 32.6 Å². The van der Waals surface area contributed by atoms with Crippen LogP contribution in [-0.4, -0.2) is 42.2 Å². The average Bonchev–Trinajstić information content (AvgIpc) is 3.39. The molecule has 0 atom stereocenters. The van der Waals surface area contributed by atoms with Gasteiger partial charge in [0.15, 0.2) is 5.82 Å². The summed E-state index contributed by atoms with van der Waals surface area (Å²) < 4.78 is 45.4. The lowest BCUT2D eigenvalue weighted by atomic mass is 10.0. The van der Waals surface area contributed by atoms with Crippen molar-refractivity contribution >= 4 is 40.5 Å². The molecule has 0 bridgehead atoms. The molecule has 0 aliphatic carbocycles. The van der Waals surface area contributed by atoms with E-state index in [4.69, 9.17) is 11.5 Å². The van der Waals surface area contributed by atoms with E-state index in [1.165, 1.54) is 19.2 Å². The molecule has 0 radical (unpaired) electrons. The van der Waals surface area contributed by atoms with Crippen LogP contribution in [-0.2, 0) is 19.5 Å². The zero-order valence-electron chi connectivity index (χ0n) is 19.8. The van der Waals surface area contributed by atoms with Gasteiger partial charge in [-0.15, -0.1) is 0 Å². The number of hydrogen-bond acceptors (Lipinski definition) is 8. The van der Waals surface area contributed by atoms with Crippen LogP contribution in [0, 0.1) is 0 Å². The summed E-state index contributed by atoms with van der Waals surface area (Å²) in [5.41, 5.74) is 11.0. The minimum Gasteiger partial charge on any atom is -0.397 e. The van der Waals surface area contributed by atoms with Crippen LogP contribution in [0.4, 0.5) is 30.6 Å². The van der Waals surface area contributed by atoms with E-state index in [0.29, 0.717) is 29.0 Å². The third-order valence-corrected chi connectivity index (χ3v) is 6.13. The molecule has 4 aromatic heterocycles. The molecule has 0 unspecified atom stereocenters. The maximum absolute atomic E-state index is 13.8. The topological polar surface area (TPSA) is 138 Å². The van der Waals surface area contributed by atoms with Gasteiger partial charge >= 0.3 is 6.18 Å². The van der Waals surface area contributed by atoms with Gasteiger partial charge in [0.05, 0.1) is 23.5 Å². The third kappa shape index (κ3) is 4.62. The minimum atomic E-state index is -4.73. The number of pyridine rings is 2. The standard InChI is InChI=1S/C24H23F3N10/c1-13(22(24(25,26)27)17(28)11-30-2)18-7-14-8-19(32-10-16(14)23(29)33-18)34-20-9-15-3-5-36-6-4-31-21(36)12-37(15)35-20/h4,6-11H,2-3,5,12,28H2,1H3,(H2,29,33)(H,32,34,35)/b17-11+,22-13-. The SMILES string of the molecule is C=N/C=C(N)\C(=C(/C)c1cc2cc(Nc3cc4n(n3)Cc3nccn3CC4)ncc2c(N)n1)C(F)(F)F. The van der Waals surface area contributed by atoms with Gasteiger partial charge in [0.25, 0.3) is 0 Å². The highest BCUT2D eigenvalue weighted by Gasteiger charge is 2.37. The summed E-state index contributed by atoms with van der Waals surface area (Å²) in [5.74, 6) is 2.01. The van der Waals surface area contributed by atoms with E-state index in [-0.39, 0.29) is 17.1 Å². The van der Waals surface area contributed by atoms with Crippen LogP contribution in [0.25, 0.3) is 16.3 Å². The second-order valence-corrected chi connectivity index (χ2v) is 8.54. The number of fused-ring (bicyclic) bond motifs is 3. The number of nitrogens with two attached hydrogens (primary N) is 2. The number of hydrogen-bond donors (Lipinski definition) is 3. The van der Waals surface area contributed by atoms with Crippen LogP contribution in [0.1, 0.15) is 24.1 Å². The third-order valence-electron chi connectivity index (χ3n) is 6.13. The molecule has 1 aliphatic rings. The van der Waals surface area contributed by atoms with Crippen LogP contribution in [0.3, 0.4) is 0 Å². The van der Waals surface area contributed by atoms with Gasteiger partial charge in [-0.25, -0.2) is 15.0 Å². The fourth-order valence-electron chi connectivity index (χ4n) is 4.37. The first kappa shape index (κ1) is 24.0. The minimum absolute atomic E-state index is 0.0269. The summed E-state index contributed by atoms with van der Waals surface area (Å²) in [6, 6.07) is 5.13. The fourth-order valence-corrected chi connectivity index (χ4v) is 4.37. The number of halogens is 3. The second kappa shape index (κ2) is 9.08. The molecule has 0 saturated heterocycles. The Morgan fingerprint density at radius 1 is 1.22 bits per heavy atom. The van der Waals surface area contributed by atoms with E-state index < -0.39 is 17.4 Å². The van der Waals surface area contributed by atoms with Crippen molar-refractivity contribution in [3.63, 3.8) is 0 Å². The Morgan fingerprint density at radius 2 is 2.03 bits per heavy atom. The van der Waals surface area contributed by atoms with Gasteiger partial charge in [-0.2, -0.15) is 18.3 Å². The molecular weight excluding hydrogens is 485 g/mol. The first-order valence-electron chi connectivity index (χ1n) is 11.2. The van der Waals surface area contributed by atoms with Crippen LogP contribution in [0.5, 0.6) is 0 Å². The van der Waals surface area contributed by atoms with Crippen molar-refractivity contribution in [1.29, 1.82) is 0 Å². The number of imidazole rings is 1. The van der Waals surface area contributed by atoms with Crippen LogP contribution < -0.4 is 16.8 Å².